The van der Waals surface area contributed by atoms with Crippen molar-refractivity contribution >= 4 is 17.5 Å². The number of anilines is 1. The third-order valence-electron chi connectivity index (χ3n) is 5.18. The first-order chi connectivity index (χ1) is 15.0. The highest BCUT2D eigenvalue weighted by atomic mass is 16.5. The van der Waals surface area contributed by atoms with Gasteiger partial charge in [-0.2, -0.15) is 0 Å². The number of benzene rings is 2. The summed E-state index contributed by atoms with van der Waals surface area (Å²) >= 11 is 0. The van der Waals surface area contributed by atoms with E-state index in [0.29, 0.717) is 49.3 Å². The number of rotatable bonds is 8. The molecular weight excluding hydrogens is 392 g/mol. The molecule has 1 aliphatic heterocycles. The van der Waals surface area contributed by atoms with Crippen LogP contribution in [-0.4, -0.2) is 43.0 Å². The topological polar surface area (TPSA) is 67.9 Å². The smallest absolute Gasteiger partial charge is 0.254 e. The van der Waals surface area contributed by atoms with Gasteiger partial charge in [0.15, 0.2) is 11.5 Å². The molecule has 1 aliphatic rings. The van der Waals surface area contributed by atoms with E-state index in [1.165, 1.54) is 0 Å². The zero-order valence-corrected chi connectivity index (χ0v) is 18.6. The van der Waals surface area contributed by atoms with Gasteiger partial charge in [0.2, 0.25) is 5.91 Å². The van der Waals surface area contributed by atoms with Gasteiger partial charge in [-0.05, 0) is 56.0 Å². The summed E-state index contributed by atoms with van der Waals surface area (Å²) in [6, 6.07) is 14.7. The monoisotopic (exact) mass is 424 g/mol. The third-order valence-corrected chi connectivity index (χ3v) is 5.18. The van der Waals surface area contributed by atoms with Crippen molar-refractivity contribution in [1.82, 2.24) is 4.90 Å². The van der Waals surface area contributed by atoms with Crippen LogP contribution in [0.4, 0.5) is 5.69 Å². The zero-order valence-electron chi connectivity index (χ0n) is 18.6. The molecule has 0 bridgehead atoms. The van der Waals surface area contributed by atoms with Gasteiger partial charge in [0.1, 0.15) is 0 Å². The highest BCUT2D eigenvalue weighted by Crippen LogP contribution is 2.30. The fourth-order valence-electron chi connectivity index (χ4n) is 3.61. The van der Waals surface area contributed by atoms with Gasteiger partial charge in [-0.15, -0.1) is 0 Å². The molecule has 0 spiro atoms. The van der Waals surface area contributed by atoms with Gasteiger partial charge in [0, 0.05) is 24.3 Å². The third kappa shape index (κ3) is 6.23. The molecule has 2 aromatic rings. The van der Waals surface area contributed by atoms with Crippen LogP contribution in [0, 0.1) is 11.8 Å². The van der Waals surface area contributed by atoms with Crippen LogP contribution in [0.3, 0.4) is 0 Å². The highest BCUT2D eigenvalue weighted by molar-refractivity contribution is 5.96. The number of ether oxygens (including phenoxy) is 2. The SMILES string of the molecule is CCOc1cc(C(=O)N2CCCC(C(=O)Nc3ccccc3)C2)ccc1OCC(C)C. The molecule has 1 unspecified atom stereocenters. The van der Waals surface area contributed by atoms with Crippen molar-refractivity contribution in [1.29, 1.82) is 0 Å². The van der Waals surface area contributed by atoms with Crippen LogP contribution >= 0.6 is 0 Å². The highest BCUT2D eigenvalue weighted by Gasteiger charge is 2.29. The lowest BCUT2D eigenvalue weighted by molar-refractivity contribution is -0.121. The number of likely N-dealkylation sites (tertiary alicyclic amines) is 1. The Morgan fingerprint density at radius 3 is 2.58 bits per heavy atom. The average Bonchev–Trinajstić information content (AvgIpc) is 2.78. The molecule has 1 saturated heterocycles. The minimum absolute atomic E-state index is 0.0452. The molecule has 1 N–H and O–H groups in total. The largest absolute Gasteiger partial charge is 0.490 e. The quantitative estimate of drug-likeness (QED) is 0.672. The predicted molar refractivity (Wildman–Crippen MR) is 122 cm³/mol. The number of hydrogen-bond acceptors (Lipinski definition) is 4. The van der Waals surface area contributed by atoms with E-state index in [-0.39, 0.29) is 17.7 Å². The molecule has 2 aromatic carbocycles. The summed E-state index contributed by atoms with van der Waals surface area (Å²) in [4.78, 5) is 27.6. The maximum absolute atomic E-state index is 13.2. The Morgan fingerprint density at radius 2 is 1.87 bits per heavy atom. The standard InChI is InChI=1S/C25H32N2O4/c1-4-30-23-15-19(12-13-22(23)31-17-18(2)3)25(29)27-14-8-9-20(16-27)24(28)26-21-10-6-5-7-11-21/h5-7,10-13,15,18,20H,4,8-9,14,16-17H2,1-3H3,(H,26,28). The number of amides is 2. The van der Waals surface area contributed by atoms with Gasteiger partial charge >= 0.3 is 0 Å². The molecule has 0 radical (unpaired) electrons. The molecule has 1 heterocycles. The average molecular weight is 425 g/mol. The van der Waals surface area contributed by atoms with Crippen molar-refractivity contribution in [3.63, 3.8) is 0 Å². The molecule has 6 nitrogen and oxygen atoms in total. The lowest BCUT2D eigenvalue weighted by atomic mass is 9.96. The Bertz CT molecular complexity index is 882. The Labute approximate surface area is 184 Å². The number of carbonyl (C=O) groups is 2. The second-order valence-corrected chi connectivity index (χ2v) is 8.24. The van der Waals surface area contributed by atoms with Crippen LogP contribution in [0.2, 0.25) is 0 Å². The molecule has 1 fully saturated rings. The van der Waals surface area contributed by atoms with Crippen LogP contribution in [0.15, 0.2) is 48.5 Å². The van der Waals surface area contributed by atoms with Crippen molar-refractivity contribution < 1.29 is 19.1 Å². The summed E-state index contributed by atoms with van der Waals surface area (Å²) < 4.78 is 11.5. The molecule has 2 amide bonds. The lowest BCUT2D eigenvalue weighted by Crippen LogP contribution is -2.43. The van der Waals surface area contributed by atoms with E-state index < -0.39 is 0 Å². The summed E-state index contributed by atoms with van der Waals surface area (Å²) in [6.07, 6.45) is 1.57. The summed E-state index contributed by atoms with van der Waals surface area (Å²) in [5.74, 6) is 1.25. The van der Waals surface area contributed by atoms with Crippen LogP contribution in [0.1, 0.15) is 44.0 Å². The van der Waals surface area contributed by atoms with Gasteiger partial charge in [-0.3, -0.25) is 9.59 Å². The minimum atomic E-state index is -0.224. The first-order valence-corrected chi connectivity index (χ1v) is 11.0. The van der Waals surface area contributed by atoms with Crippen molar-refractivity contribution in [3.05, 3.63) is 54.1 Å². The van der Waals surface area contributed by atoms with Crippen molar-refractivity contribution in [2.45, 2.75) is 33.6 Å². The van der Waals surface area contributed by atoms with Gasteiger partial charge in [0.25, 0.3) is 5.91 Å². The number of piperidine rings is 1. The molecule has 3 rings (SSSR count). The van der Waals surface area contributed by atoms with E-state index in [2.05, 4.69) is 19.2 Å². The number of carbonyl (C=O) groups excluding carboxylic acids is 2. The van der Waals surface area contributed by atoms with Crippen LogP contribution < -0.4 is 14.8 Å². The second kappa shape index (κ2) is 10.8. The first-order valence-electron chi connectivity index (χ1n) is 11.0. The van der Waals surface area contributed by atoms with Crippen molar-refractivity contribution in [2.75, 3.05) is 31.6 Å². The Balaban J connectivity index is 1.68. The molecular formula is C25H32N2O4. The van der Waals surface area contributed by atoms with Crippen LogP contribution in [0.5, 0.6) is 11.5 Å². The summed E-state index contributed by atoms with van der Waals surface area (Å²) in [5.41, 5.74) is 1.32. The number of hydrogen-bond donors (Lipinski definition) is 1. The minimum Gasteiger partial charge on any atom is -0.490 e. The molecule has 0 saturated carbocycles. The van der Waals surface area contributed by atoms with E-state index in [4.69, 9.17) is 9.47 Å². The Hall–Kier alpha value is -3.02. The second-order valence-electron chi connectivity index (χ2n) is 8.24. The van der Waals surface area contributed by atoms with E-state index >= 15 is 0 Å². The maximum atomic E-state index is 13.2. The van der Waals surface area contributed by atoms with Gasteiger partial charge in [-0.25, -0.2) is 0 Å². The van der Waals surface area contributed by atoms with Crippen LogP contribution in [0.25, 0.3) is 0 Å². The number of para-hydroxylation sites is 1. The summed E-state index contributed by atoms with van der Waals surface area (Å²) in [7, 11) is 0. The molecule has 166 valence electrons. The normalized spacial score (nSPS) is 16.1. The van der Waals surface area contributed by atoms with E-state index in [9.17, 15) is 9.59 Å². The maximum Gasteiger partial charge on any atom is 0.254 e. The van der Waals surface area contributed by atoms with E-state index in [1.807, 2.05) is 37.3 Å². The van der Waals surface area contributed by atoms with Gasteiger partial charge in [0.05, 0.1) is 19.1 Å². The van der Waals surface area contributed by atoms with E-state index in [0.717, 1.165) is 18.5 Å². The van der Waals surface area contributed by atoms with E-state index in [1.54, 1.807) is 23.1 Å². The molecule has 0 aromatic heterocycles. The first kappa shape index (κ1) is 22.7. The Kier molecular flexibility index (Phi) is 7.93. The fourth-order valence-corrected chi connectivity index (χ4v) is 3.61. The number of nitrogens with zero attached hydrogens (tertiary/aromatic N) is 1. The fraction of sp³-hybridized carbons (Fsp3) is 0.440. The molecule has 0 aliphatic carbocycles. The molecule has 1 atom stereocenters. The van der Waals surface area contributed by atoms with Crippen molar-refractivity contribution in [2.24, 2.45) is 11.8 Å². The zero-order chi connectivity index (χ0) is 22.2. The van der Waals surface area contributed by atoms with Crippen LogP contribution in [-0.2, 0) is 4.79 Å². The van der Waals surface area contributed by atoms with Gasteiger partial charge in [-0.1, -0.05) is 32.0 Å². The predicted octanol–water partition coefficient (Wildman–Crippen LogP) is 4.61. The van der Waals surface area contributed by atoms with Gasteiger partial charge < -0.3 is 19.7 Å². The number of nitrogens with one attached hydrogen (secondary N) is 1. The summed E-state index contributed by atoms with van der Waals surface area (Å²) in [5, 5.41) is 2.95. The molecule has 6 heteroatoms. The molecule has 31 heavy (non-hydrogen) atoms. The lowest BCUT2D eigenvalue weighted by Gasteiger charge is -2.32. The van der Waals surface area contributed by atoms with Crippen molar-refractivity contribution in [3.8, 4) is 11.5 Å². The summed E-state index contributed by atoms with van der Waals surface area (Å²) in [6.45, 7) is 8.19. The Morgan fingerprint density at radius 1 is 1.10 bits per heavy atom.